The fourth-order valence-electron chi connectivity index (χ4n) is 5.34. The van der Waals surface area contributed by atoms with Crippen LogP contribution < -0.4 is 5.73 Å². The van der Waals surface area contributed by atoms with Crippen molar-refractivity contribution >= 4 is 16.8 Å². The predicted molar refractivity (Wildman–Crippen MR) is 151 cm³/mol. The van der Waals surface area contributed by atoms with Crippen LogP contribution in [0.25, 0.3) is 22.2 Å². The smallest absolute Gasteiger partial charge is 0.248 e. The van der Waals surface area contributed by atoms with E-state index in [-0.39, 0.29) is 0 Å². The van der Waals surface area contributed by atoms with Crippen LogP contribution in [0, 0.1) is 6.92 Å². The highest BCUT2D eigenvalue weighted by atomic mass is 16.1. The lowest BCUT2D eigenvalue weighted by molar-refractivity contribution is 0.100. The van der Waals surface area contributed by atoms with Gasteiger partial charge >= 0.3 is 0 Å². The number of carbonyl (C=O) groups is 1. The first-order valence-electron chi connectivity index (χ1n) is 12.5. The van der Waals surface area contributed by atoms with Crippen LogP contribution in [0.4, 0.5) is 0 Å². The van der Waals surface area contributed by atoms with E-state index in [4.69, 9.17) is 10.8 Å². The van der Waals surface area contributed by atoms with Crippen molar-refractivity contribution in [1.82, 2.24) is 14.8 Å². The third-order valence-electron chi connectivity index (χ3n) is 7.03. The van der Waals surface area contributed by atoms with Crippen molar-refractivity contribution in [1.29, 1.82) is 0 Å². The SMILES string of the molecule is Cc1cc(-c2nn(C(c3ccccc3)(c3ccccc3)c3ccccc3)c3ccc(C(N)=O)cc23)ccn1. The Bertz CT molecular complexity index is 1650. The van der Waals surface area contributed by atoms with E-state index in [2.05, 4.69) is 82.5 Å². The number of carbonyl (C=O) groups excluding carboxylic acids is 1. The monoisotopic (exact) mass is 494 g/mol. The summed E-state index contributed by atoms with van der Waals surface area (Å²) in [6, 6.07) is 40.8. The fraction of sp³-hybridized carbons (Fsp3) is 0.0606. The predicted octanol–water partition coefficient (Wildman–Crippen LogP) is 6.35. The van der Waals surface area contributed by atoms with Crippen LogP contribution in [0.15, 0.2) is 128 Å². The van der Waals surface area contributed by atoms with Gasteiger partial charge in [0.1, 0.15) is 11.2 Å². The van der Waals surface area contributed by atoms with Crippen molar-refractivity contribution in [2.75, 3.05) is 0 Å². The van der Waals surface area contributed by atoms with Crippen molar-refractivity contribution in [2.24, 2.45) is 5.73 Å². The van der Waals surface area contributed by atoms with Crippen molar-refractivity contribution in [2.45, 2.75) is 12.5 Å². The van der Waals surface area contributed by atoms with Gasteiger partial charge in [0.05, 0.1) is 5.52 Å². The summed E-state index contributed by atoms with van der Waals surface area (Å²) in [4.78, 5) is 16.6. The quantitative estimate of drug-likeness (QED) is 0.274. The maximum Gasteiger partial charge on any atom is 0.248 e. The minimum Gasteiger partial charge on any atom is -0.366 e. The molecule has 4 aromatic carbocycles. The molecular formula is C33H26N4O. The minimum absolute atomic E-state index is 0.439. The first kappa shape index (κ1) is 23.4. The van der Waals surface area contributed by atoms with Crippen LogP contribution in [0.2, 0.25) is 0 Å². The molecule has 0 aliphatic carbocycles. The standard InChI is InChI=1S/C33H26N4O/c1-23-21-24(19-20-35-23)31-29-22-25(32(34)38)17-18-30(29)37(36-31)33(26-11-5-2-6-12-26,27-13-7-3-8-14-27)28-15-9-4-10-16-28/h2-22H,1H3,(H2,34,38). The van der Waals surface area contributed by atoms with E-state index in [1.54, 1.807) is 12.3 Å². The van der Waals surface area contributed by atoms with E-state index < -0.39 is 11.4 Å². The summed E-state index contributed by atoms with van der Waals surface area (Å²) in [5, 5.41) is 6.19. The molecule has 0 radical (unpaired) electrons. The molecule has 5 heteroatoms. The first-order chi connectivity index (χ1) is 18.6. The lowest BCUT2D eigenvalue weighted by Gasteiger charge is -2.37. The van der Waals surface area contributed by atoms with Gasteiger partial charge in [0, 0.05) is 28.4 Å². The van der Waals surface area contributed by atoms with Gasteiger partial charge in [0.2, 0.25) is 5.91 Å². The normalized spacial score (nSPS) is 11.5. The van der Waals surface area contributed by atoms with Crippen LogP contribution in [-0.4, -0.2) is 20.7 Å². The van der Waals surface area contributed by atoms with Crippen molar-refractivity contribution < 1.29 is 4.79 Å². The molecule has 0 saturated carbocycles. The van der Waals surface area contributed by atoms with Gasteiger partial charge < -0.3 is 5.73 Å². The Labute approximate surface area is 221 Å². The van der Waals surface area contributed by atoms with Crippen molar-refractivity contribution in [3.63, 3.8) is 0 Å². The molecule has 2 heterocycles. The number of hydrogen-bond acceptors (Lipinski definition) is 3. The molecule has 6 aromatic rings. The number of primary amides is 1. The number of fused-ring (bicyclic) bond motifs is 1. The number of pyridine rings is 1. The molecule has 0 aliphatic heterocycles. The highest BCUT2D eigenvalue weighted by Gasteiger charge is 2.41. The summed E-state index contributed by atoms with van der Waals surface area (Å²) in [7, 11) is 0. The summed E-state index contributed by atoms with van der Waals surface area (Å²) in [6.45, 7) is 1.96. The Morgan fingerprint density at radius 2 is 1.29 bits per heavy atom. The molecule has 2 aromatic heterocycles. The number of aromatic nitrogens is 3. The van der Waals surface area contributed by atoms with E-state index >= 15 is 0 Å². The lowest BCUT2D eigenvalue weighted by Crippen LogP contribution is -2.38. The van der Waals surface area contributed by atoms with Crippen LogP contribution in [0.5, 0.6) is 0 Å². The maximum absolute atomic E-state index is 12.2. The van der Waals surface area contributed by atoms with E-state index in [0.29, 0.717) is 5.56 Å². The Kier molecular flexibility index (Phi) is 5.81. The van der Waals surface area contributed by atoms with Crippen LogP contribution in [0.3, 0.4) is 0 Å². The van der Waals surface area contributed by atoms with Gasteiger partial charge in [-0.1, -0.05) is 91.0 Å². The third kappa shape index (κ3) is 3.76. The number of amides is 1. The maximum atomic E-state index is 12.2. The molecule has 0 aliphatic rings. The number of nitrogens with zero attached hydrogens (tertiary/aromatic N) is 3. The molecule has 2 N–H and O–H groups in total. The summed E-state index contributed by atoms with van der Waals surface area (Å²) in [5.41, 5.74) is 12.0. The number of nitrogens with two attached hydrogens (primary N) is 1. The van der Waals surface area contributed by atoms with Gasteiger partial charge in [-0.25, -0.2) is 4.68 Å². The molecule has 6 rings (SSSR count). The number of aryl methyl sites for hydroxylation is 1. The third-order valence-corrected chi connectivity index (χ3v) is 7.03. The first-order valence-corrected chi connectivity index (χ1v) is 12.5. The molecule has 0 unspecified atom stereocenters. The molecule has 0 saturated heterocycles. The zero-order valence-electron chi connectivity index (χ0n) is 21.0. The summed E-state index contributed by atoms with van der Waals surface area (Å²) < 4.78 is 2.10. The van der Waals surface area contributed by atoms with Gasteiger partial charge in [-0.15, -0.1) is 0 Å². The highest BCUT2D eigenvalue weighted by molar-refractivity contribution is 6.01. The molecule has 1 amide bonds. The Morgan fingerprint density at radius 1 is 0.737 bits per heavy atom. The largest absolute Gasteiger partial charge is 0.366 e. The van der Waals surface area contributed by atoms with Crippen molar-refractivity contribution in [3.05, 3.63) is 155 Å². The van der Waals surface area contributed by atoms with E-state index in [1.807, 2.05) is 49.4 Å². The average Bonchev–Trinajstić information content (AvgIpc) is 3.34. The molecule has 5 nitrogen and oxygen atoms in total. The second-order valence-corrected chi connectivity index (χ2v) is 9.35. The average molecular weight is 495 g/mol. The molecule has 0 fully saturated rings. The van der Waals surface area contributed by atoms with Crippen LogP contribution >= 0.6 is 0 Å². The van der Waals surface area contributed by atoms with Gasteiger partial charge in [-0.2, -0.15) is 5.10 Å². The highest BCUT2D eigenvalue weighted by Crippen LogP contribution is 2.44. The van der Waals surface area contributed by atoms with E-state index in [1.165, 1.54) is 0 Å². The molecule has 184 valence electrons. The van der Waals surface area contributed by atoms with E-state index in [0.717, 1.165) is 44.5 Å². The second kappa shape index (κ2) is 9.45. The number of benzene rings is 4. The van der Waals surface area contributed by atoms with Crippen LogP contribution in [0.1, 0.15) is 32.7 Å². The van der Waals surface area contributed by atoms with Gasteiger partial charge in [0.25, 0.3) is 0 Å². The lowest BCUT2D eigenvalue weighted by atomic mass is 9.77. The summed E-state index contributed by atoms with van der Waals surface area (Å²) in [6.07, 6.45) is 1.78. The Hall–Kier alpha value is -5.03. The molecular weight excluding hydrogens is 468 g/mol. The number of rotatable bonds is 6. The molecule has 0 bridgehead atoms. The van der Waals surface area contributed by atoms with Crippen LogP contribution in [-0.2, 0) is 5.54 Å². The van der Waals surface area contributed by atoms with Crippen molar-refractivity contribution in [3.8, 4) is 11.3 Å². The zero-order valence-corrected chi connectivity index (χ0v) is 21.0. The molecule has 0 atom stereocenters. The van der Waals surface area contributed by atoms with Gasteiger partial charge in [0.15, 0.2) is 0 Å². The summed E-state index contributed by atoms with van der Waals surface area (Å²) >= 11 is 0. The fourth-order valence-corrected chi connectivity index (χ4v) is 5.34. The number of hydrogen-bond donors (Lipinski definition) is 1. The molecule has 0 spiro atoms. The Morgan fingerprint density at radius 3 is 1.79 bits per heavy atom. The van der Waals surface area contributed by atoms with Gasteiger partial charge in [-0.05, 0) is 53.9 Å². The topological polar surface area (TPSA) is 73.8 Å². The zero-order chi connectivity index (χ0) is 26.1. The summed E-state index contributed by atoms with van der Waals surface area (Å²) in [5.74, 6) is -0.475. The Balaban J connectivity index is 1.80. The molecule has 38 heavy (non-hydrogen) atoms. The van der Waals surface area contributed by atoms with E-state index in [9.17, 15) is 4.79 Å². The minimum atomic E-state index is -0.795. The van der Waals surface area contributed by atoms with Gasteiger partial charge in [-0.3, -0.25) is 9.78 Å². The second-order valence-electron chi connectivity index (χ2n) is 9.35.